The molecule has 186 valence electrons. The van der Waals surface area contributed by atoms with Crippen LogP contribution >= 0.6 is 0 Å². The fraction of sp³-hybridized carbons (Fsp3) is 0.458. The third-order valence-corrected chi connectivity index (χ3v) is 7.23. The molecule has 1 aliphatic heterocycles. The molecule has 10 heteroatoms. The normalized spacial score (nSPS) is 20.1. The molecule has 0 radical (unpaired) electrons. The van der Waals surface area contributed by atoms with Crippen molar-refractivity contribution in [1.29, 1.82) is 0 Å². The van der Waals surface area contributed by atoms with Crippen LogP contribution in [0.25, 0.3) is 0 Å². The summed E-state index contributed by atoms with van der Waals surface area (Å²) in [4.78, 5) is 16.8. The van der Waals surface area contributed by atoms with E-state index in [-0.39, 0.29) is 47.6 Å². The lowest BCUT2D eigenvalue weighted by Crippen LogP contribution is -2.47. The van der Waals surface area contributed by atoms with Crippen LogP contribution in [0.4, 0.5) is 10.1 Å². The summed E-state index contributed by atoms with van der Waals surface area (Å²) in [7, 11) is -0.0684. The first-order valence-corrected chi connectivity index (χ1v) is 12.6. The van der Waals surface area contributed by atoms with Crippen molar-refractivity contribution in [3.63, 3.8) is 0 Å². The summed E-state index contributed by atoms with van der Waals surface area (Å²) in [6.07, 6.45) is -0.234. The minimum Gasteiger partial charge on any atom is -0.488 e. The molecule has 3 rings (SSSR count). The summed E-state index contributed by atoms with van der Waals surface area (Å²) < 4.78 is 47.5. The standard InChI is InChI=1S/C24H32FN3O5S/c1-16-13-28(17(2)15-29)24(30)12-18-11-20(7-10-22(18)33-23(16)14-27(3)4)26-34(31,32)21-8-5-19(25)6-9-21/h5-11,16-17,23,26,29H,12-15H2,1-4H3/t16-,17-,23-/m1/s1. The average Bonchev–Trinajstić information content (AvgIpc) is 2.81. The molecule has 0 aromatic heterocycles. The highest BCUT2D eigenvalue weighted by Gasteiger charge is 2.31. The molecule has 34 heavy (non-hydrogen) atoms. The molecule has 1 amide bonds. The molecule has 0 spiro atoms. The predicted octanol–water partition coefficient (Wildman–Crippen LogP) is 2.34. The molecule has 2 aromatic carbocycles. The molecule has 8 nitrogen and oxygen atoms in total. The number of aliphatic hydroxyl groups excluding tert-OH is 1. The molecule has 0 saturated carbocycles. The van der Waals surface area contributed by atoms with Crippen LogP contribution in [0, 0.1) is 11.7 Å². The van der Waals surface area contributed by atoms with Crippen molar-refractivity contribution in [1.82, 2.24) is 9.80 Å². The smallest absolute Gasteiger partial charge is 0.261 e. The van der Waals surface area contributed by atoms with Crippen molar-refractivity contribution in [3.05, 3.63) is 53.8 Å². The van der Waals surface area contributed by atoms with Crippen LogP contribution in [0.3, 0.4) is 0 Å². The van der Waals surface area contributed by atoms with Crippen LogP contribution in [-0.4, -0.2) is 75.2 Å². The second-order valence-electron chi connectivity index (χ2n) is 9.03. The van der Waals surface area contributed by atoms with Gasteiger partial charge in [0.2, 0.25) is 5.91 Å². The summed E-state index contributed by atoms with van der Waals surface area (Å²) in [5, 5.41) is 9.69. The zero-order valence-electron chi connectivity index (χ0n) is 19.9. The van der Waals surface area contributed by atoms with Gasteiger partial charge in [-0.2, -0.15) is 0 Å². The van der Waals surface area contributed by atoms with Crippen LogP contribution in [0.5, 0.6) is 5.75 Å². The van der Waals surface area contributed by atoms with E-state index in [0.717, 1.165) is 12.1 Å². The Morgan fingerprint density at radius 3 is 2.53 bits per heavy atom. The minimum absolute atomic E-state index is 0.00675. The Morgan fingerprint density at radius 1 is 1.24 bits per heavy atom. The largest absolute Gasteiger partial charge is 0.488 e. The number of sulfonamides is 1. The van der Waals surface area contributed by atoms with Gasteiger partial charge in [0.25, 0.3) is 10.0 Å². The molecular weight excluding hydrogens is 461 g/mol. The number of amides is 1. The molecule has 0 saturated heterocycles. The summed E-state index contributed by atoms with van der Waals surface area (Å²) in [5.74, 6) is -0.213. The SMILES string of the molecule is C[C@@H]1CN([C@H](C)CO)C(=O)Cc2cc(NS(=O)(=O)c3ccc(F)cc3)ccc2O[C@@H]1CN(C)C. The van der Waals surface area contributed by atoms with E-state index in [2.05, 4.69) is 4.72 Å². The second-order valence-corrected chi connectivity index (χ2v) is 10.7. The predicted molar refractivity (Wildman–Crippen MR) is 128 cm³/mol. The monoisotopic (exact) mass is 493 g/mol. The number of nitrogens with zero attached hydrogens (tertiary/aromatic N) is 2. The number of halogens is 1. The molecule has 2 aromatic rings. The average molecular weight is 494 g/mol. The minimum atomic E-state index is -3.95. The highest BCUT2D eigenvalue weighted by Crippen LogP contribution is 2.30. The lowest BCUT2D eigenvalue weighted by molar-refractivity contribution is -0.134. The Balaban J connectivity index is 1.97. The van der Waals surface area contributed by atoms with Crippen molar-refractivity contribution in [2.75, 3.05) is 38.5 Å². The van der Waals surface area contributed by atoms with Crippen molar-refractivity contribution in [2.45, 2.75) is 37.3 Å². The highest BCUT2D eigenvalue weighted by molar-refractivity contribution is 7.92. The van der Waals surface area contributed by atoms with E-state index < -0.39 is 15.8 Å². The lowest BCUT2D eigenvalue weighted by Gasteiger charge is -2.33. The van der Waals surface area contributed by atoms with Gasteiger partial charge in [0, 0.05) is 30.3 Å². The first kappa shape index (κ1) is 25.9. The van der Waals surface area contributed by atoms with Crippen molar-refractivity contribution < 1.29 is 27.4 Å². The van der Waals surface area contributed by atoms with Gasteiger partial charge in [-0.15, -0.1) is 0 Å². The first-order chi connectivity index (χ1) is 16.0. The van der Waals surface area contributed by atoms with Crippen LogP contribution in [0.15, 0.2) is 47.4 Å². The number of hydrogen-bond acceptors (Lipinski definition) is 6. The zero-order chi connectivity index (χ0) is 25.0. The number of carbonyl (C=O) groups excluding carboxylic acids is 1. The Labute approximate surface area is 200 Å². The summed E-state index contributed by atoms with van der Waals surface area (Å²) in [5.41, 5.74) is 0.801. The number of aliphatic hydroxyl groups is 1. The van der Waals surface area contributed by atoms with Gasteiger partial charge in [0.15, 0.2) is 0 Å². The van der Waals surface area contributed by atoms with Gasteiger partial charge < -0.3 is 19.6 Å². The van der Waals surface area contributed by atoms with Gasteiger partial charge in [0.05, 0.1) is 24.0 Å². The van der Waals surface area contributed by atoms with Crippen LogP contribution < -0.4 is 9.46 Å². The van der Waals surface area contributed by atoms with Gasteiger partial charge in [0.1, 0.15) is 17.7 Å². The number of benzene rings is 2. The van der Waals surface area contributed by atoms with E-state index in [9.17, 15) is 22.7 Å². The van der Waals surface area contributed by atoms with Gasteiger partial charge in [-0.25, -0.2) is 12.8 Å². The number of anilines is 1. The molecule has 1 aliphatic rings. The molecule has 0 unspecified atom stereocenters. The Hall–Kier alpha value is -2.69. The Bertz CT molecular complexity index is 1110. The van der Waals surface area contributed by atoms with Crippen molar-refractivity contribution in [2.24, 2.45) is 5.92 Å². The Kier molecular flexibility index (Phi) is 8.17. The van der Waals surface area contributed by atoms with Gasteiger partial charge in [-0.05, 0) is 63.5 Å². The van der Waals surface area contributed by atoms with E-state index in [4.69, 9.17) is 4.74 Å². The van der Waals surface area contributed by atoms with Crippen molar-refractivity contribution >= 4 is 21.6 Å². The van der Waals surface area contributed by atoms with Gasteiger partial charge in [-0.1, -0.05) is 6.92 Å². The van der Waals surface area contributed by atoms with Crippen molar-refractivity contribution in [3.8, 4) is 5.75 Å². The van der Waals surface area contributed by atoms with E-state index in [1.165, 1.54) is 12.1 Å². The van der Waals surface area contributed by atoms with Crippen LogP contribution in [0.1, 0.15) is 19.4 Å². The van der Waals surface area contributed by atoms with Gasteiger partial charge in [-0.3, -0.25) is 9.52 Å². The fourth-order valence-electron chi connectivity index (χ4n) is 3.90. The van der Waals surface area contributed by atoms with E-state index in [1.54, 1.807) is 30.0 Å². The number of rotatable bonds is 7. The summed E-state index contributed by atoms with van der Waals surface area (Å²) >= 11 is 0. The van der Waals surface area contributed by atoms with Crippen LogP contribution in [0.2, 0.25) is 0 Å². The number of nitrogens with one attached hydrogen (secondary N) is 1. The van der Waals surface area contributed by atoms with Crippen LogP contribution in [-0.2, 0) is 21.2 Å². The van der Waals surface area contributed by atoms with Gasteiger partial charge >= 0.3 is 0 Å². The molecule has 0 bridgehead atoms. The number of carbonyl (C=O) groups is 1. The number of ether oxygens (including phenoxy) is 1. The van der Waals surface area contributed by atoms with E-state index in [0.29, 0.717) is 24.4 Å². The summed E-state index contributed by atoms with van der Waals surface area (Å²) in [6.45, 7) is 4.68. The molecule has 0 aliphatic carbocycles. The zero-order valence-corrected chi connectivity index (χ0v) is 20.7. The maximum absolute atomic E-state index is 13.2. The fourth-order valence-corrected chi connectivity index (χ4v) is 4.95. The number of fused-ring (bicyclic) bond motifs is 1. The third kappa shape index (κ3) is 6.25. The quantitative estimate of drug-likeness (QED) is 0.614. The van der Waals surface area contributed by atoms with E-state index in [1.807, 2.05) is 25.9 Å². The number of likely N-dealkylation sites (N-methyl/N-ethyl adjacent to an activating group) is 1. The molecular formula is C24H32FN3O5S. The third-order valence-electron chi connectivity index (χ3n) is 5.84. The summed E-state index contributed by atoms with van der Waals surface area (Å²) in [6, 6.07) is 8.98. The molecule has 1 heterocycles. The topological polar surface area (TPSA) is 99.2 Å². The molecule has 0 fully saturated rings. The molecule has 2 N–H and O–H groups in total. The lowest BCUT2D eigenvalue weighted by atomic mass is 10.0. The Morgan fingerprint density at radius 2 is 1.91 bits per heavy atom. The highest BCUT2D eigenvalue weighted by atomic mass is 32.2. The maximum atomic E-state index is 13.2. The second kappa shape index (κ2) is 10.7. The molecule has 3 atom stereocenters. The van der Waals surface area contributed by atoms with E-state index >= 15 is 0 Å². The number of hydrogen-bond donors (Lipinski definition) is 2. The first-order valence-electron chi connectivity index (χ1n) is 11.1. The maximum Gasteiger partial charge on any atom is 0.261 e.